The quantitative estimate of drug-likeness (QED) is 0.852. The second kappa shape index (κ2) is 5.14. The van der Waals surface area contributed by atoms with Crippen molar-refractivity contribution in [2.45, 2.75) is 10.8 Å². The largest absolute Gasteiger partial charge is 0.397 e. The van der Waals surface area contributed by atoms with Crippen LogP contribution in [0.4, 0.5) is 14.5 Å². The molecule has 1 aromatic carbocycles. The molecule has 0 saturated heterocycles. The summed E-state index contributed by atoms with van der Waals surface area (Å²) in [7, 11) is 0. The summed E-state index contributed by atoms with van der Waals surface area (Å²) in [5.41, 5.74) is 6.70. The highest BCUT2D eigenvalue weighted by molar-refractivity contribution is 7.98. The van der Waals surface area contributed by atoms with Gasteiger partial charge in [0, 0.05) is 18.0 Å². The molecular formula is C12H10F2N2S. The zero-order valence-electron chi connectivity index (χ0n) is 8.86. The maximum Gasteiger partial charge on any atom is 0.130 e. The maximum absolute atomic E-state index is 13.3. The molecule has 0 unspecified atom stereocenters. The Balaban J connectivity index is 2.10. The Kier molecular flexibility index (Phi) is 3.58. The van der Waals surface area contributed by atoms with E-state index in [0.717, 1.165) is 6.07 Å². The normalized spacial score (nSPS) is 10.5. The fourth-order valence-corrected chi connectivity index (χ4v) is 2.21. The first-order chi connectivity index (χ1) is 8.16. The maximum atomic E-state index is 13.3. The van der Waals surface area contributed by atoms with Crippen LogP contribution in [0, 0.1) is 11.6 Å². The van der Waals surface area contributed by atoms with Gasteiger partial charge in [0.05, 0.1) is 5.69 Å². The number of nitrogens with two attached hydrogens (primary N) is 1. The number of anilines is 1. The second-order valence-corrected chi connectivity index (χ2v) is 4.39. The van der Waals surface area contributed by atoms with Gasteiger partial charge in [0.1, 0.15) is 16.7 Å². The number of thioether (sulfide) groups is 1. The van der Waals surface area contributed by atoms with E-state index in [1.807, 2.05) is 0 Å². The summed E-state index contributed by atoms with van der Waals surface area (Å²) in [4.78, 5) is 4.08. The van der Waals surface area contributed by atoms with Gasteiger partial charge in [-0.15, -0.1) is 0 Å². The molecule has 2 nitrogen and oxygen atoms in total. The number of rotatable bonds is 3. The van der Waals surface area contributed by atoms with Crippen molar-refractivity contribution in [2.24, 2.45) is 0 Å². The summed E-state index contributed by atoms with van der Waals surface area (Å²) in [6.07, 6.45) is 1.62. The molecule has 0 fully saturated rings. The summed E-state index contributed by atoms with van der Waals surface area (Å²) in [6, 6.07) is 7.00. The van der Waals surface area contributed by atoms with Crippen LogP contribution in [0.2, 0.25) is 0 Å². The summed E-state index contributed by atoms with van der Waals surface area (Å²) >= 11 is 1.32. The van der Waals surface area contributed by atoms with E-state index in [4.69, 9.17) is 5.73 Å². The first-order valence-corrected chi connectivity index (χ1v) is 5.92. The standard InChI is InChI=1S/C12H10F2N2S/c13-9-4-3-8(10(14)6-9)7-17-12-11(15)2-1-5-16-12/h1-6H,7,15H2. The molecule has 0 aliphatic rings. The minimum absolute atomic E-state index is 0.368. The molecule has 0 spiro atoms. The van der Waals surface area contributed by atoms with E-state index < -0.39 is 11.6 Å². The lowest BCUT2D eigenvalue weighted by molar-refractivity contribution is 0.576. The third kappa shape index (κ3) is 2.94. The van der Waals surface area contributed by atoms with Gasteiger partial charge < -0.3 is 5.73 Å². The highest BCUT2D eigenvalue weighted by Crippen LogP contribution is 2.26. The van der Waals surface area contributed by atoms with E-state index in [9.17, 15) is 8.78 Å². The van der Waals surface area contributed by atoms with Crippen molar-refractivity contribution >= 4 is 17.4 Å². The lowest BCUT2D eigenvalue weighted by Crippen LogP contribution is -1.93. The molecule has 0 saturated carbocycles. The Morgan fingerprint density at radius 2 is 2.06 bits per heavy atom. The Bertz CT molecular complexity index is 532. The molecule has 2 rings (SSSR count). The molecule has 17 heavy (non-hydrogen) atoms. The van der Waals surface area contributed by atoms with Gasteiger partial charge in [0.15, 0.2) is 0 Å². The summed E-state index contributed by atoms with van der Waals surface area (Å²) in [6.45, 7) is 0. The molecule has 2 N–H and O–H groups in total. The van der Waals surface area contributed by atoms with E-state index in [1.54, 1.807) is 18.3 Å². The number of aromatic nitrogens is 1. The van der Waals surface area contributed by atoms with Gasteiger partial charge in [0.2, 0.25) is 0 Å². The molecule has 88 valence electrons. The van der Waals surface area contributed by atoms with Gasteiger partial charge in [0.25, 0.3) is 0 Å². The van der Waals surface area contributed by atoms with Crippen LogP contribution in [-0.4, -0.2) is 4.98 Å². The Labute approximate surface area is 102 Å². The summed E-state index contributed by atoms with van der Waals surface area (Å²) < 4.78 is 26.0. The summed E-state index contributed by atoms with van der Waals surface area (Å²) in [5, 5.41) is 0.649. The van der Waals surface area contributed by atoms with Crippen molar-refractivity contribution in [3.05, 3.63) is 53.7 Å². The van der Waals surface area contributed by atoms with E-state index in [1.165, 1.54) is 23.9 Å². The van der Waals surface area contributed by atoms with Gasteiger partial charge in [-0.25, -0.2) is 13.8 Å². The van der Waals surface area contributed by atoms with Crippen molar-refractivity contribution < 1.29 is 8.78 Å². The predicted molar refractivity (Wildman–Crippen MR) is 64.6 cm³/mol. The van der Waals surface area contributed by atoms with Gasteiger partial charge in [-0.1, -0.05) is 17.8 Å². The van der Waals surface area contributed by atoms with E-state index in [0.29, 0.717) is 22.0 Å². The van der Waals surface area contributed by atoms with Crippen molar-refractivity contribution in [2.75, 3.05) is 5.73 Å². The average molecular weight is 252 g/mol. The van der Waals surface area contributed by atoms with Gasteiger partial charge >= 0.3 is 0 Å². The van der Waals surface area contributed by atoms with Crippen LogP contribution in [0.3, 0.4) is 0 Å². The smallest absolute Gasteiger partial charge is 0.130 e. The third-order valence-electron chi connectivity index (χ3n) is 2.18. The fourth-order valence-electron chi connectivity index (χ4n) is 1.31. The predicted octanol–water partition coefficient (Wildman–Crippen LogP) is 3.23. The number of nitrogens with zero attached hydrogens (tertiary/aromatic N) is 1. The molecule has 1 heterocycles. The Morgan fingerprint density at radius 1 is 1.24 bits per heavy atom. The summed E-state index contributed by atoms with van der Waals surface area (Å²) in [5.74, 6) is -0.756. The van der Waals surface area contributed by atoms with Crippen LogP contribution >= 0.6 is 11.8 Å². The number of nitrogen functional groups attached to an aromatic ring is 1. The van der Waals surface area contributed by atoms with Gasteiger partial charge in [-0.05, 0) is 23.8 Å². The van der Waals surface area contributed by atoms with Gasteiger partial charge in [-0.2, -0.15) is 0 Å². The Hall–Kier alpha value is -1.62. The number of hydrogen-bond acceptors (Lipinski definition) is 3. The number of hydrogen-bond donors (Lipinski definition) is 1. The minimum atomic E-state index is -0.575. The monoisotopic (exact) mass is 252 g/mol. The molecule has 0 amide bonds. The van der Waals surface area contributed by atoms with E-state index >= 15 is 0 Å². The first-order valence-electron chi connectivity index (χ1n) is 4.94. The van der Waals surface area contributed by atoms with Crippen LogP contribution in [0.25, 0.3) is 0 Å². The van der Waals surface area contributed by atoms with Crippen molar-refractivity contribution in [1.29, 1.82) is 0 Å². The third-order valence-corrected chi connectivity index (χ3v) is 3.25. The number of pyridine rings is 1. The van der Waals surface area contributed by atoms with Crippen LogP contribution in [0.5, 0.6) is 0 Å². The molecule has 0 aliphatic carbocycles. The zero-order valence-corrected chi connectivity index (χ0v) is 9.68. The van der Waals surface area contributed by atoms with Crippen LogP contribution in [0.1, 0.15) is 5.56 Å². The molecular weight excluding hydrogens is 242 g/mol. The van der Waals surface area contributed by atoms with Crippen LogP contribution < -0.4 is 5.73 Å². The molecule has 0 bridgehead atoms. The second-order valence-electron chi connectivity index (χ2n) is 3.42. The highest BCUT2D eigenvalue weighted by Gasteiger charge is 2.06. The molecule has 1 aromatic heterocycles. The van der Waals surface area contributed by atoms with Crippen molar-refractivity contribution in [3.8, 4) is 0 Å². The zero-order chi connectivity index (χ0) is 12.3. The molecule has 0 radical (unpaired) electrons. The SMILES string of the molecule is Nc1cccnc1SCc1ccc(F)cc1F. The number of halogens is 2. The molecule has 5 heteroatoms. The lowest BCUT2D eigenvalue weighted by atomic mass is 10.2. The molecule has 0 atom stereocenters. The fraction of sp³-hybridized carbons (Fsp3) is 0.0833. The highest BCUT2D eigenvalue weighted by atomic mass is 32.2. The van der Waals surface area contributed by atoms with E-state index in [-0.39, 0.29) is 0 Å². The molecule has 2 aromatic rings. The number of benzene rings is 1. The minimum Gasteiger partial charge on any atom is -0.397 e. The topological polar surface area (TPSA) is 38.9 Å². The lowest BCUT2D eigenvalue weighted by Gasteiger charge is -2.05. The van der Waals surface area contributed by atoms with Crippen molar-refractivity contribution in [3.63, 3.8) is 0 Å². The average Bonchev–Trinajstić information content (AvgIpc) is 2.30. The van der Waals surface area contributed by atoms with E-state index in [2.05, 4.69) is 4.98 Å². The van der Waals surface area contributed by atoms with Crippen LogP contribution in [0.15, 0.2) is 41.6 Å². The molecule has 0 aliphatic heterocycles. The van der Waals surface area contributed by atoms with Crippen LogP contribution in [-0.2, 0) is 5.75 Å². The van der Waals surface area contributed by atoms with Gasteiger partial charge in [-0.3, -0.25) is 0 Å². The van der Waals surface area contributed by atoms with Crippen molar-refractivity contribution in [1.82, 2.24) is 4.98 Å². The Morgan fingerprint density at radius 3 is 2.76 bits per heavy atom. The first kappa shape index (κ1) is 11.9.